The van der Waals surface area contributed by atoms with Crippen molar-refractivity contribution in [2.24, 2.45) is 0 Å². The molecule has 0 aromatic rings. The van der Waals surface area contributed by atoms with Crippen LogP contribution in [0.25, 0.3) is 0 Å². The van der Waals surface area contributed by atoms with Gasteiger partial charge < -0.3 is 14.8 Å². The summed E-state index contributed by atoms with van der Waals surface area (Å²) in [5, 5.41) is 3.04. The van der Waals surface area contributed by atoms with E-state index >= 15 is 0 Å². The van der Waals surface area contributed by atoms with E-state index in [9.17, 15) is 9.59 Å². The summed E-state index contributed by atoms with van der Waals surface area (Å²) >= 11 is 5.93. The number of carbonyl (C=O) groups excluding carboxylic acids is 2. The fourth-order valence-corrected chi connectivity index (χ4v) is 1.73. The minimum absolute atomic E-state index is 0.0185. The largest absolute Gasteiger partial charge is 0.485 e. The summed E-state index contributed by atoms with van der Waals surface area (Å²) in [6.07, 6.45) is -0.535. The summed E-state index contributed by atoms with van der Waals surface area (Å²) in [5.41, 5.74) is -0.566. The van der Waals surface area contributed by atoms with Crippen molar-refractivity contribution < 1.29 is 19.1 Å². The van der Waals surface area contributed by atoms with Crippen molar-refractivity contribution in [3.8, 4) is 0 Å². The Kier molecular flexibility index (Phi) is 8.01. The first kappa shape index (κ1) is 18.2. The molecule has 0 radical (unpaired) electrons. The molecule has 0 aliphatic heterocycles. The van der Waals surface area contributed by atoms with Gasteiger partial charge in [0.05, 0.1) is 6.04 Å². The molecule has 0 unspecified atom stereocenters. The second-order valence-corrected chi connectivity index (χ2v) is 6.72. The summed E-state index contributed by atoms with van der Waals surface area (Å²) in [7, 11) is 0. The number of carbonyl (C=O) groups is 2. The molecule has 0 rings (SSSR count). The van der Waals surface area contributed by atoms with Gasteiger partial charge in [0.1, 0.15) is 12.2 Å². The molecule has 1 amide bonds. The number of hydrogen-bond donors (Lipinski definition) is 1. The summed E-state index contributed by atoms with van der Waals surface area (Å²) < 4.78 is 10.4. The Hall–Kier alpha value is -0.820. The van der Waals surface area contributed by atoms with Crippen LogP contribution in [0.3, 0.4) is 0 Å². The third kappa shape index (κ3) is 12.0. The predicted molar refractivity (Wildman–Crippen MR) is 80.5 cm³/mol. The second-order valence-electron chi connectivity index (χ2n) is 4.95. The fraction of sp³-hybridized carbons (Fsp3) is 0.750. The number of amides is 1. The highest BCUT2D eigenvalue weighted by atomic mass is 32.2. The number of nitrogens with one attached hydrogen (secondary N) is 1. The van der Waals surface area contributed by atoms with Gasteiger partial charge in [-0.2, -0.15) is 0 Å². The maximum Gasteiger partial charge on any atom is 0.408 e. The molecule has 0 saturated heterocycles. The van der Waals surface area contributed by atoms with Gasteiger partial charge in [-0.3, -0.25) is 4.79 Å². The Morgan fingerprint density at radius 1 is 1.32 bits per heavy atom. The molecule has 0 spiro atoms. The summed E-state index contributed by atoms with van der Waals surface area (Å²) in [4.78, 5) is 22.6. The summed E-state index contributed by atoms with van der Waals surface area (Å²) in [6.45, 7) is 8.68. The minimum atomic E-state index is -0.566. The van der Waals surface area contributed by atoms with E-state index in [1.165, 1.54) is 6.92 Å². The molecule has 0 aromatic heterocycles. The molecule has 1 atom stereocenters. The predicted octanol–water partition coefficient (Wildman–Crippen LogP) is 2.52. The third-order valence-corrected chi connectivity index (χ3v) is 2.79. The fourth-order valence-electron chi connectivity index (χ4n) is 1.04. The average Bonchev–Trinajstić information content (AvgIpc) is 2.18. The van der Waals surface area contributed by atoms with Crippen molar-refractivity contribution in [2.75, 3.05) is 12.4 Å². The van der Waals surface area contributed by atoms with Crippen molar-refractivity contribution in [3.63, 3.8) is 0 Å². The average molecular weight is 307 g/mol. The zero-order valence-corrected chi connectivity index (χ0v) is 13.6. The van der Waals surface area contributed by atoms with Gasteiger partial charge in [-0.05, 0) is 33.0 Å². The molecule has 0 aliphatic rings. The molecule has 19 heavy (non-hydrogen) atoms. The topological polar surface area (TPSA) is 64.6 Å². The van der Waals surface area contributed by atoms with E-state index in [0.717, 1.165) is 11.8 Å². The highest BCUT2D eigenvalue weighted by molar-refractivity contribution is 8.13. The van der Waals surface area contributed by atoms with Crippen LogP contribution in [-0.2, 0) is 14.3 Å². The van der Waals surface area contributed by atoms with E-state index in [0.29, 0.717) is 10.8 Å². The van der Waals surface area contributed by atoms with Crippen LogP contribution >= 0.6 is 24.0 Å². The van der Waals surface area contributed by atoms with Gasteiger partial charge in [0.25, 0.3) is 0 Å². The molecule has 7 heteroatoms. The zero-order valence-electron chi connectivity index (χ0n) is 11.9. The van der Waals surface area contributed by atoms with Crippen molar-refractivity contribution in [1.29, 1.82) is 0 Å². The molecule has 0 aromatic carbocycles. The van der Waals surface area contributed by atoms with E-state index in [1.54, 1.807) is 27.7 Å². The minimum Gasteiger partial charge on any atom is -0.485 e. The lowest BCUT2D eigenvalue weighted by molar-refractivity contribution is -0.109. The second kappa shape index (κ2) is 8.37. The van der Waals surface area contributed by atoms with Crippen LogP contribution in [-0.4, -0.2) is 40.3 Å². The number of rotatable bonds is 5. The lowest BCUT2D eigenvalue weighted by atomic mass is 10.2. The molecule has 0 bridgehead atoms. The number of alkyl carbamates (subject to hydrolysis) is 1. The van der Waals surface area contributed by atoms with E-state index < -0.39 is 11.7 Å². The van der Waals surface area contributed by atoms with Crippen molar-refractivity contribution in [3.05, 3.63) is 0 Å². The molecule has 0 heterocycles. The molecular weight excluding hydrogens is 286 g/mol. The smallest absolute Gasteiger partial charge is 0.408 e. The first-order valence-corrected chi connectivity index (χ1v) is 7.26. The van der Waals surface area contributed by atoms with Crippen LogP contribution in [0.4, 0.5) is 4.79 Å². The molecule has 1 N–H and O–H groups in total. The lowest BCUT2D eigenvalue weighted by Gasteiger charge is -2.23. The molecule has 5 nitrogen and oxygen atoms in total. The highest BCUT2D eigenvalue weighted by Gasteiger charge is 2.20. The van der Waals surface area contributed by atoms with E-state index in [1.807, 2.05) is 0 Å². The maximum atomic E-state index is 11.6. The monoisotopic (exact) mass is 307 g/mol. The van der Waals surface area contributed by atoms with Gasteiger partial charge in [-0.1, -0.05) is 11.8 Å². The Morgan fingerprint density at radius 2 is 1.89 bits per heavy atom. The van der Waals surface area contributed by atoms with Gasteiger partial charge in [0, 0.05) is 19.6 Å². The molecule has 110 valence electrons. The SMILES string of the molecule is CC(=O)SC[C@H](COC(C)=S)NC(=O)OC(C)(C)C. The number of thiocarbonyl (C=S) groups is 1. The van der Waals surface area contributed by atoms with Crippen LogP contribution in [0, 0.1) is 0 Å². The molecule has 0 aliphatic carbocycles. The van der Waals surface area contributed by atoms with Gasteiger partial charge in [0.2, 0.25) is 0 Å². The first-order valence-electron chi connectivity index (χ1n) is 5.86. The standard InChI is InChI=1S/C12H21NO4S2/c1-8(14)19-7-10(6-16-9(2)18)13-11(15)17-12(3,4)5/h10H,6-7H2,1-5H3,(H,13,15)/t10-/m0/s1. The van der Waals surface area contributed by atoms with Crippen molar-refractivity contribution in [1.82, 2.24) is 5.32 Å². The Labute approximate surface area is 123 Å². The van der Waals surface area contributed by atoms with Gasteiger partial charge in [-0.25, -0.2) is 4.79 Å². The normalized spacial score (nSPS) is 12.5. The number of thioether (sulfide) groups is 1. The van der Waals surface area contributed by atoms with Crippen LogP contribution < -0.4 is 5.32 Å². The highest BCUT2D eigenvalue weighted by Crippen LogP contribution is 2.09. The van der Waals surface area contributed by atoms with Crippen LogP contribution in [0.2, 0.25) is 0 Å². The molecular formula is C12H21NO4S2. The maximum absolute atomic E-state index is 11.6. The van der Waals surface area contributed by atoms with E-state index in [2.05, 4.69) is 5.32 Å². The zero-order chi connectivity index (χ0) is 15.1. The van der Waals surface area contributed by atoms with Crippen molar-refractivity contribution >= 4 is 40.2 Å². The number of hydrogen-bond acceptors (Lipinski definition) is 6. The Morgan fingerprint density at radius 3 is 2.32 bits per heavy atom. The molecule has 0 fully saturated rings. The van der Waals surface area contributed by atoms with Crippen LogP contribution in [0.1, 0.15) is 34.6 Å². The van der Waals surface area contributed by atoms with Gasteiger partial charge in [-0.15, -0.1) is 0 Å². The van der Waals surface area contributed by atoms with Gasteiger partial charge >= 0.3 is 6.09 Å². The Balaban J connectivity index is 4.34. The van der Waals surface area contributed by atoms with Crippen molar-refractivity contribution in [2.45, 2.75) is 46.3 Å². The van der Waals surface area contributed by atoms with E-state index in [4.69, 9.17) is 21.7 Å². The third-order valence-electron chi connectivity index (χ3n) is 1.70. The van der Waals surface area contributed by atoms with Crippen LogP contribution in [0.15, 0.2) is 0 Å². The Bertz CT molecular complexity index is 321. The van der Waals surface area contributed by atoms with E-state index in [-0.39, 0.29) is 17.8 Å². The van der Waals surface area contributed by atoms with Gasteiger partial charge in [0.15, 0.2) is 10.2 Å². The summed E-state index contributed by atoms with van der Waals surface area (Å²) in [6, 6.07) is -0.332. The first-order chi connectivity index (χ1) is 8.60. The summed E-state index contributed by atoms with van der Waals surface area (Å²) in [5.74, 6) is 0.414. The number of ether oxygens (including phenoxy) is 2. The quantitative estimate of drug-likeness (QED) is 0.787. The lowest BCUT2D eigenvalue weighted by Crippen LogP contribution is -2.43. The molecule has 0 saturated carbocycles. The van der Waals surface area contributed by atoms with Crippen LogP contribution in [0.5, 0.6) is 0 Å².